The number of carboxylic acids is 2. The molecule has 0 bridgehead atoms. The Morgan fingerprint density at radius 3 is 2.17 bits per heavy atom. The number of rotatable bonds is 7. The number of aromatic carboxylic acids is 2. The first-order valence-electron chi connectivity index (χ1n) is 10.7. The van der Waals surface area contributed by atoms with E-state index in [1.54, 1.807) is 29.2 Å². The molecule has 0 aliphatic rings. The van der Waals surface area contributed by atoms with Gasteiger partial charge in [0, 0.05) is 54.2 Å². The molecular formula is C26H19N5O4. The van der Waals surface area contributed by atoms with Crippen molar-refractivity contribution >= 4 is 23.1 Å². The summed E-state index contributed by atoms with van der Waals surface area (Å²) in [7, 11) is 0. The van der Waals surface area contributed by atoms with Crippen LogP contribution in [0.25, 0.3) is 27.9 Å². The average molecular weight is 465 g/mol. The Hall–Kier alpha value is -5.05. The summed E-state index contributed by atoms with van der Waals surface area (Å²) in [6, 6.07) is 16.6. The van der Waals surface area contributed by atoms with Crippen LogP contribution in [0.2, 0.25) is 0 Å². The van der Waals surface area contributed by atoms with Gasteiger partial charge in [-0.3, -0.25) is 9.97 Å². The number of pyridine rings is 2. The largest absolute Gasteiger partial charge is 0.478 e. The maximum atomic E-state index is 11.5. The van der Waals surface area contributed by atoms with Crippen molar-refractivity contribution in [3.05, 3.63) is 102 Å². The van der Waals surface area contributed by atoms with E-state index in [9.17, 15) is 19.8 Å². The summed E-state index contributed by atoms with van der Waals surface area (Å²) < 4.78 is 1.68. The summed E-state index contributed by atoms with van der Waals surface area (Å²) in [6.45, 7) is 0.533. The molecule has 4 heterocycles. The van der Waals surface area contributed by atoms with Crippen molar-refractivity contribution in [2.45, 2.75) is 6.54 Å². The van der Waals surface area contributed by atoms with E-state index in [1.165, 1.54) is 18.5 Å². The van der Waals surface area contributed by atoms with Gasteiger partial charge in [-0.25, -0.2) is 14.1 Å². The number of hydrogen-bond acceptors (Lipinski definition) is 6. The van der Waals surface area contributed by atoms with Crippen molar-refractivity contribution in [2.75, 3.05) is 5.32 Å². The molecule has 3 N–H and O–H groups in total. The van der Waals surface area contributed by atoms with E-state index < -0.39 is 11.9 Å². The smallest absolute Gasteiger partial charge is 0.337 e. The van der Waals surface area contributed by atoms with E-state index in [0.29, 0.717) is 23.4 Å². The van der Waals surface area contributed by atoms with Crippen LogP contribution in [-0.4, -0.2) is 41.7 Å². The zero-order chi connectivity index (χ0) is 24.4. The van der Waals surface area contributed by atoms with Gasteiger partial charge in [0.25, 0.3) is 0 Å². The monoisotopic (exact) mass is 465 g/mol. The lowest BCUT2D eigenvalue weighted by Crippen LogP contribution is -2.05. The molecule has 5 aromatic rings. The van der Waals surface area contributed by atoms with Crippen molar-refractivity contribution in [1.82, 2.24) is 19.6 Å². The van der Waals surface area contributed by atoms with Crippen LogP contribution in [0.1, 0.15) is 26.3 Å². The molecule has 0 saturated carbocycles. The maximum absolute atomic E-state index is 11.5. The van der Waals surface area contributed by atoms with Crippen LogP contribution in [0.5, 0.6) is 0 Å². The van der Waals surface area contributed by atoms with Crippen molar-refractivity contribution in [1.29, 1.82) is 0 Å². The molecule has 172 valence electrons. The van der Waals surface area contributed by atoms with Gasteiger partial charge in [0.05, 0.1) is 28.0 Å². The summed E-state index contributed by atoms with van der Waals surface area (Å²) in [5.41, 5.74) is 5.17. The summed E-state index contributed by atoms with van der Waals surface area (Å²) in [4.78, 5) is 31.0. The van der Waals surface area contributed by atoms with Gasteiger partial charge in [-0.05, 0) is 29.8 Å². The Balaban J connectivity index is 1.66. The topological polar surface area (TPSA) is 130 Å². The number of carboxylic acid groups (broad SMARTS) is 2. The fourth-order valence-corrected chi connectivity index (χ4v) is 3.83. The van der Waals surface area contributed by atoms with E-state index in [0.717, 1.165) is 22.3 Å². The van der Waals surface area contributed by atoms with Gasteiger partial charge in [0.15, 0.2) is 0 Å². The first kappa shape index (κ1) is 21.8. The normalized spacial score (nSPS) is 10.9. The van der Waals surface area contributed by atoms with Crippen LogP contribution in [0.15, 0.2) is 85.6 Å². The van der Waals surface area contributed by atoms with Crippen LogP contribution in [0.4, 0.5) is 5.69 Å². The molecule has 0 unspecified atom stereocenters. The van der Waals surface area contributed by atoms with Crippen molar-refractivity contribution in [3.63, 3.8) is 0 Å². The van der Waals surface area contributed by atoms with Crippen LogP contribution < -0.4 is 5.32 Å². The molecule has 0 fully saturated rings. The van der Waals surface area contributed by atoms with E-state index in [1.807, 2.05) is 42.5 Å². The van der Waals surface area contributed by atoms with E-state index in [2.05, 4.69) is 20.4 Å². The minimum Gasteiger partial charge on any atom is -0.478 e. The molecule has 4 aromatic heterocycles. The molecule has 5 rings (SSSR count). The average Bonchev–Trinajstić information content (AvgIpc) is 3.32. The number of nitrogens with one attached hydrogen (secondary N) is 1. The molecule has 0 aliphatic carbocycles. The molecule has 1 aromatic carbocycles. The lowest BCUT2D eigenvalue weighted by Gasteiger charge is -2.13. The predicted octanol–water partition coefficient (Wildman–Crippen LogP) is 4.47. The molecule has 9 heteroatoms. The number of nitrogens with zero attached hydrogens (tertiary/aromatic N) is 4. The number of carbonyl (C=O) groups is 2. The standard InChI is InChI=1S/C26H19N5O4/c32-25(33)19-8-17(12-27-14-19)21-6-7-31-24(21)23(29-11-16-4-2-1-3-5-16)10-22(30-31)18-9-20(26(34)35)15-28-13-18/h1-10,12-15,29H,11H2,(H,32,33)(H,34,35). The molecule has 0 atom stereocenters. The van der Waals surface area contributed by atoms with E-state index in [-0.39, 0.29) is 11.1 Å². The number of hydrogen-bond donors (Lipinski definition) is 3. The minimum atomic E-state index is -1.07. The van der Waals surface area contributed by atoms with E-state index in [4.69, 9.17) is 0 Å². The molecule has 0 amide bonds. The van der Waals surface area contributed by atoms with Crippen molar-refractivity contribution < 1.29 is 19.8 Å². The Labute approximate surface area is 199 Å². The second-order valence-corrected chi connectivity index (χ2v) is 7.84. The van der Waals surface area contributed by atoms with E-state index >= 15 is 0 Å². The fourth-order valence-electron chi connectivity index (χ4n) is 3.83. The third-order valence-corrected chi connectivity index (χ3v) is 5.52. The number of benzene rings is 1. The third-order valence-electron chi connectivity index (χ3n) is 5.52. The highest BCUT2D eigenvalue weighted by atomic mass is 16.4. The Bertz CT molecular complexity index is 1560. The van der Waals surface area contributed by atoms with Crippen LogP contribution in [0, 0.1) is 0 Å². The number of fused-ring (bicyclic) bond motifs is 1. The second-order valence-electron chi connectivity index (χ2n) is 7.84. The highest BCUT2D eigenvalue weighted by molar-refractivity contribution is 5.94. The van der Waals surface area contributed by atoms with Gasteiger partial charge >= 0.3 is 11.9 Å². The minimum absolute atomic E-state index is 0.0629. The van der Waals surface area contributed by atoms with Gasteiger partial charge < -0.3 is 15.5 Å². The zero-order valence-corrected chi connectivity index (χ0v) is 18.3. The lowest BCUT2D eigenvalue weighted by molar-refractivity contribution is 0.0685. The van der Waals surface area contributed by atoms with Gasteiger partial charge in [0.1, 0.15) is 0 Å². The molecule has 9 nitrogen and oxygen atoms in total. The van der Waals surface area contributed by atoms with Gasteiger partial charge in [-0.1, -0.05) is 30.3 Å². The summed E-state index contributed by atoms with van der Waals surface area (Å²) in [5, 5.41) is 26.9. The first-order chi connectivity index (χ1) is 17.0. The zero-order valence-electron chi connectivity index (χ0n) is 18.3. The Morgan fingerprint density at radius 2 is 1.49 bits per heavy atom. The highest BCUT2D eigenvalue weighted by Crippen LogP contribution is 2.33. The molecule has 0 aliphatic heterocycles. The second kappa shape index (κ2) is 9.06. The first-order valence-corrected chi connectivity index (χ1v) is 10.7. The van der Waals surface area contributed by atoms with Crippen LogP contribution in [-0.2, 0) is 6.54 Å². The summed E-state index contributed by atoms with van der Waals surface area (Å²) in [5.74, 6) is -2.13. The summed E-state index contributed by atoms with van der Waals surface area (Å²) in [6.07, 6.45) is 7.53. The Kier molecular flexibility index (Phi) is 5.64. The Morgan fingerprint density at radius 1 is 0.829 bits per heavy atom. The molecular weight excluding hydrogens is 446 g/mol. The SMILES string of the molecule is O=C(O)c1cncc(-c2cc(NCc3ccccc3)c3c(-c4cncc(C(=O)O)c4)ccn3n2)c1. The number of anilines is 1. The van der Waals surface area contributed by atoms with Crippen LogP contribution >= 0.6 is 0 Å². The highest BCUT2D eigenvalue weighted by Gasteiger charge is 2.16. The quantitative estimate of drug-likeness (QED) is 0.321. The molecule has 35 heavy (non-hydrogen) atoms. The molecule has 0 saturated heterocycles. The van der Waals surface area contributed by atoms with Crippen LogP contribution in [0.3, 0.4) is 0 Å². The summed E-state index contributed by atoms with van der Waals surface area (Å²) >= 11 is 0. The van der Waals surface area contributed by atoms with Crippen molar-refractivity contribution in [3.8, 4) is 22.4 Å². The third kappa shape index (κ3) is 4.42. The van der Waals surface area contributed by atoms with Gasteiger partial charge in [0.2, 0.25) is 0 Å². The van der Waals surface area contributed by atoms with Crippen molar-refractivity contribution in [2.24, 2.45) is 0 Å². The lowest BCUT2D eigenvalue weighted by atomic mass is 10.1. The fraction of sp³-hybridized carbons (Fsp3) is 0.0385. The van der Waals surface area contributed by atoms with Gasteiger partial charge in [-0.2, -0.15) is 5.10 Å². The molecule has 0 spiro atoms. The predicted molar refractivity (Wildman–Crippen MR) is 129 cm³/mol. The molecule has 0 radical (unpaired) electrons. The van der Waals surface area contributed by atoms with Gasteiger partial charge in [-0.15, -0.1) is 0 Å². The number of aromatic nitrogens is 4. The maximum Gasteiger partial charge on any atom is 0.337 e.